The Labute approximate surface area is 161 Å². The number of pyridine rings is 1. The van der Waals surface area contributed by atoms with Crippen LogP contribution in [0, 0.1) is 5.82 Å². The molecule has 2 heterocycles. The summed E-state index contributed by atoms with van der Waals surface area (Å²) in [6.45, 7) is 0.699. The first-order valence-corrected chi connectivity index (χ1v) is 8.78. The van der Waals surface area contributed by atoms with Crippen molar-refractivity contribution in [1.29, 1.82) is 0 Å². The SMILES string of the molecule is CN(Cc1ccccc1)c1cccc2nc(NC(=O)c3cccc(F)c3)nn12. The summed E-state index contributed by atoms with van der Waals surface area (Å²) in [5.74, 6) is 0.0601. The van der Waals surface area contributed by atoms with Crippen molar-refractivity contribution in [3.63, 3.8) is 0 Å². The Morgan fingerprint density at radius 1 is 1.07 bits per heavy atom. The van der Waals surface area contributed by atoms with Crippen LogP contribution < -0.4 is 10.2 Å². The lowest BCUT2D eigenvalue weighted by molar-refractivity contribution is 0.102. The van der Waals surface area contributed by atoms with Crippen LogP contribution in [0.3, 0.4) is 0 Å². The molecule has 4 aromatic rings. The molecule has 0 aliphatic rings. The number of fused-ring (bicyclic) bond motifs is 1. The number of hydrogen-bond acceptors (Lipinski definition) is 4. The minimum Gasteiger partial charge on any atom is -0.355 e. The second kappa shape index (κ2) is 7.48. The third-order valence-corrected chi connectivity index (χ3v) is 4.31. The van der Waals surface area contributed by atoms with Gasteiger partial charge in [-0.15, -0.1) is 5.10 Å². The predicted molar refractivity (Wildman–Crippen MR) is 106 cm³/mol. The van der Waals surface area contributed by atoms with E-state index in [2.05, 4.69) is 32.4 Å². The van der Waals surface area contributed by atoms with Crippen LogP contribution in [0.5, 0.6) is 0 Å². The molecule has 0 bridgehead atoms. The third-order valence-electron chi connectivity index (χ3n) is 4.31. The maximum atomic E-state index is 13.3. The molecule has 1 amide bonds. The fourth-order valence-electron chi connectivity index (χ4n) is 2.98. The van der Waals surface area contributed by atoms with Crippen molar-refractivity contribution in [3.05, 3.63) is 89.7 Å². The number of carbonyl (C=O) groups excluding carboxylic acids is 1. The molecular formula is C21H18FN5O. The molecule has 0 atom stereocenters. The highest BCUT2D eigenvalue weighted by molar-refractivity contribution is 6.03. The van der Waals surface area contributed by atoms with Gasteiger partial charge in [-0.05, 0) is 35.9 Å². The molecule has 0 aliphatic heterocycles. The summed E-state index contributed by atoms with van der Waals surface area (Å²) >= 11 is 0. The van der Waals surface area contributed by atoms with Crippen LogP contribution >= 0.6 is 0 Å². The summed E-state index contributed by atoms with van der Waals surface area (Å²) in [4.78, 5) is 18.7. The molecule has 0 saturated carbocycles. The number of rotatable bonds is 5. The number of aromatic nitrogens is 3. The number of nitrogens with zero attached hydrogens (tertiary/aromatic N) is 4. The number of benzene rings is 2. The molecule has 6 nitrogen and oxygen atoms in total. The molecule has 0 spiro atoms. The second-order valence-corrected chi connectivity index (χ2v) is 6.40. The van der Waals surface area contributed by atoms with Crippen LogP contribution in [-0.2, 0) is 6.54 Å². The first-order chi connectivity index (χ1) is 13.6. The molecule has 0 radical (unpaired) electrons. The van der Waals surface area contributed by atoms with E-state index in [9.17, 15) is 9.18 Å². The molecule has 2 aromatic carbocycles. The highest BCUT2D eigenvalue weighted by Crippen LogP contribution is 2.18. The number of halogens is 1. The zero-order valence-electron chi connectivity index (χ0n) is 15.2. The van der Waals surface area contributed by atoms with E-state index in [4.69, 9.17) is 0 Å². The maximum absolute atomic E-state index is 13.3. The van der Waals surface area contributed by atoms with Gasteiger partial charge in [0.25, 0.3) is 5.91 Å². The molecule has 4 rings (SSSR count). The number of amides is 1. The minimum absolute atomic E-state index is 0.162. The van der Waals surface area contributed by atoms with Crippen molar-refractivity contribution in [2.75, 3.05) is 17.3 Å². The van der Waals surface area contributed by atoms with Gasteiger partial charge < -0.3 is 4.90 Å². The van der Waals surface area contributed by atoms with E-state index in [1.54, 1.807) is 4.52 Å². The molecule has 28 heavy (non-hydrogen) atoms. The zero-order chi connectivity index (χ0) is 19.5. The van der Waals surface area contributed by atoms with Gasteiger partial charge in [-0.1, -0.05) is 42.5 Å². The maximum Gasteiger partial charge on any atom is 0.258 e. The molecule has 0 unspecified atom stereocenters. The van der Waals surface area contributed by atoms with E-state index < -0.39 is 11.7 Å². The highest BCUT2D eigenvalue weighted by Gasteiger charge is 2.14. The van der Waals surface area contributed by atoms with Crippen LogP contribution in [0.4, 0.5) is 16.2 Å². The van der Waals surface area contributed by atoms with Gasteiger partial charge in [0.15, 0.2) is 5.65 Å². The van der Waals surface area contributed by atoms with Crippen molar-refractivity contribution in [2.45, 2.75) is 6.54 Å². The predicted octanol–water partition coefficient (Wildman–Crippen LogP) is 3.76. The summed E-state index contributed by atoms with van der Waals surface area (Å²) in [6.07, 6.45) is 0. The number of carbonyl (C=O) groups is 1. The van der Waals surface area contributed by atoms with Gasteiger partial charge in [-0.3, -0.25) is 10.1 Å². The van der Waals surface area contributed by atoms with Crippen LogP contribution in [0.15, 0.2) is 72.8 Å². The van der Waals surface area contributed by atoms with E-state index in [-0.39, 0.29) is 11.5 Å². The average molecular weight is 375 g/mol. The standard InChI is InChI=1S/C21H18FN5O/c1-26(14-15-7-3-2-4-8-15)19-12-6-11-18-23-21(25-27(18)19)24-20(28)16-9-5-10-17(22)13-16/h2-13H,14H2,1H3,(H,24,25,28). The van der Waals surface area contributed by atoms with Gasteiger partial charge in [0.2, 0.25) is 5.95 Å². The Kier molecular flexibility index (Phi) is 4.72. The van der Waals surface area contributed by atoms with Crippen molar-refractivity contribution in [2.24, 2.45) is 0 Å². The van der Waals surface area contributed by atoms with E-state index in [0.717, 1.165) is 5.82 Å². The first-order valence-electron chi connectivity index (χ1n) is 8.78. The Hall–Kier alpha value is -3.74. The molecule has 2 aromatic heterocycles. The molecule has 0 fully saturated rings. The minimum atomic E-state index is -0.472. The van der Waals surface area contributed by atoms with Crippen LogP contribution in [0.25, 0.3) is 5.65 Å². The van der Waals surface area contributed by atoms with Gasteiger partial charge in [-0.25, -0.2) is 4.39 Å². The highest BCUT2D eigenvalue weighted by atomic mass is 19.1. The number of nitrogens with one attached hydrogen (secondary N) is 1. The lowest BCUT2D eigenvalue weighted by Crippen LogP contribution is -2.19. The Bertz CT molecular complexity index is 1130. The lowest BCUT2D eigenvalue weighted by Gasteiger charge is -2.19. The summed E-state index contributed by atoms with van der Waals surface area (Å²) in [7, 11) is 1.97. The molecule has 1 N–H and O–H groups in total. The van der Waals surface area contributed by atoms with Crippen LogP contribution in [0.2, 0.25) is 0 Å². The summed E-state index contributed by atoms with van der Waals surface area (Å²) in [6, 6.07) is 21.2. The Balaban J connectivity index is 1.59. The molecular weight excluding hydrogens is 357 g/mol. The fraction of sp³-hybridized carbons (Fsp3) is 0.0952. The average Bonchev–Trinajstić information content (AvgIpc) is 3.11. The smallest absolute Gasteiger partial charge is 0.258 e. The molecule has 0 aliphatic carbocycles. The summed E-state index contributed by atoms with van der Waals surface area (Å²) in [5.41, 5.74) is 1.98. The molecule has 140 valence electrons. The summed E-state index contributed by atoms with van der Waals surface area (Å²) < 4.78 is 15.0. The lowest BCUT2D eigenvalue weighted by atomic mass is 10.2. The van der Waals surface area contributed by atoms with Crippen molar-refractivity contribution < 1.29 is 9.18 Å². The fourth-order valence-corrected chi connectivity index (χ4v) is 2.98. The van der Waals surface area contributed by atoms with Gasteiger partial charge in [0.1, 0.15) is 11.6 Å². The quantitative estimate of drug-likeness (QED) is 0.577. The zero-order valence-corrected chi connectivity index (χ0v) is 15.2. The Morgan fingerprint density at radius 2 is 1.86 bits per heavy atom. The van der Waals surface area contributed by atoms with E-state index >= 15 is 0 Å². The van der Waals surface area contributed by atoms with Crippen molar-refractivity contribution >= 4 is 23.3 Å². The summed E-state index contributed by atoms with van der Waals surface area (Å²) in [5, 5.41) is 7.03. The van der Waals surface area contributed by atoms with Gasteiger partial charge in [-0.2, -0.15) is 9.50 Å². The van der Waals surface area contributed by atoms with Gasteiger partial charge in [0.05, 0.1) is 0 Å². The monoisotopic (exact) mass is 375 g/mol. The van der Waals surface area contributed by atoms with E-state index in [1.807, 2.05) is 43.4 Å². The van der Waals surface area contributed by atoms with E-state index in [1.165, 1.54) is 29.8 Å². The molecule has 0 saturated heterocycles. The second-order valence-electron chi connectivity index (χ2n) is 6.40. The largest absolute Gasteiger partial charge is 0.355 e. The van der Waals surface area contributed by atoms with Crippen LogP contribution in [0.1, 0.15) is 15.9 Å². The Morgan fingerprint density at radius 3 is 2.64 bits per heavy atom. The third kappa shape index (κ3) is 3.68. The number of anilines is 2. The van der Waals surface area contributed by atoms with E-state index in [0.29, 0.717) is 12.2 Å². The normalized spacial score (nSPS) is 10.8. The van der Waals surface area contributed by atoms with Crippen molar-refractivity contribution in [1.82, 2.24) is 14.6 Å². The van der Waals surface area contributed by atoms with Crippen molar-refractivity contribution in [3.8, 4) is 0 Å². The van der Waals surface area contributed by atoms with Gasteiger partial charge >= 0.3 is 0 Å². The topological polar surface area (TPSA) is 62.5 Å². The first kappa shape index (κ1) is 17.7. The molecule has 7 heteroatoms. The number of hydrogen-bond donors (Lipinski definition) is 1. The van der Waals surface area contributed by atoms with Crippen LogP contribution in [-0.4, -0.2) is 27.6 Å². The van der Waals surface area contributed by atoms with Gasteiger partial charge in [0, 0.05) is 19.2 Å².